The second-order valence-electron chi connectivity index (χ2n) is 3.93. The smallest absolute Gasteiger partial charge is 0.330 e. The fraction of sp³-hybridized carbons (Fsp3) is 0.500. The standard InChI is InChI=1S/C10H11FN2O5/c11-6-1-8(18-7(6)4-15)13-2-5(3-14)9(16)12-10(13)17/h2-3,6-8,15H,1,4H2,(H,12,16,17)/t6-,7+,8+/m0/s1. The predicted molar refractivity (Wildman–Crippen MR) is 57.2 cm³/mol. The highest BCUT2D eigenvalue weighted by Crippen LogP contribution is 2.29. The van der Waals surface area contributed by atoms with Gasteiger partial charge in [-0.1, -0.05) is 0 Å². The number of aromatic amines is 1. The summed E-state index contributed by atoms with van der Waals surface area (Å²) >= 11 is 0. The molecule has 0 amide bonds. The molecule has 2 N–H and O–H groups in total. The summed E-state index contributed by atoms with van der Waals surface area (Å²) in [5, 5.41) is 8.85. The Morgan fingerprint density at radius 3 is 2.89 bits per heavy atom. The normalized spacial score (nSPS) is 27.3. The minimum atomic E-state index is -1.40. The Morgan fingerprint density at radius 2 is 2.33 bits per heavy atom. The third-order valence-electron chi connectivity index (χ3n) is 2.77. The number of alkyl halides is 1. The Labute approximate surface area is 99.8 Å². The van der Waals surface area contributed by atoms with Crippen molar-refractivity contribution in [1.29, 1.82) is 0 Å². The van der Waals surface area contributed by atoms with Crippen LogP contribution in [0.1, 0.15) is 23.0 Å². The van der Waals surface area contributed by atoms with E-state index in [-0.39, 0.29) is 12.0 Å². The molecule has 0 aromatic carbocycles. The van der Waals surface area contributed by atoms with E-state index in [0.717, 1.165) is 10.8 Å². The van der Waals surface area contributed by atoms with Crippen molar-refractivity contribution in [3.8, 4) is 0 Å². The number of nitrogens with zero attached hydrogens (tertiary/aromatic N) is 1. The second-order valence-corrected chi connectivity index (χ2v) is 3.93. The van der Waals surface area contributed by atoms with Crippen LogP contribution in [0.2, 0.25) is 0 Å². The molecular weight excluding hydrogens is 247 g/mol. The van der Waals surface area contributed by atoms with Gasteiger partial charge in [-0.05, 0) is 0 Å². The number of aromatic nitrogens is 2. The van der Waals surface area contributed by atoms with Gasteiger partial charge in [0.25, 0.3) is 5.56 Å². The zero-order valence-corrected chi connectivity index (χ0v) is 9.21. The quantitative estimate of drug-likeness (QED) is 0.675. The Morgan fingerprint density at radius 1 is 1.61 bits per heavy atom. The number of ether oxygens (including phenoxy) is 1. The largest absolute Gasteiger partial charge is 0.394 e. The van der Waals surface area contributed by atoms with Crippen molar-refractivity contribution in [2.24, 2.45) is 0 Å². The van der Waals surface area contributed by atoms with E-state index in [0.29, 0.717) is 6.29 Å². The molecule has 2 heterocycles. The van der Waals surface area contributed by atoms with Crippen LogP contribution in [0.4, 0.5) is 4.39 Å². The Kier molecular flexibility index (Phi) is 3.39. The van der Waals surface area contributed by atoms with Gasteiger partial charge < -0.3 is 9.84 Å². The van der Waals surface area contributed by atoms with Gasteiger partial charge in [0.05, 0.1) is 12.2 Å². The number of rotatable bonds is 3. The lowest BCUT2D eigenvalue weighted by Crippen LogP contribution is -2.34. The van der Waals surface area contributed by atoms with E-state index in [1.165, 1.54) is 0 Å². The number of halogens is 1. The van der Waals surface area contributed by atoms with E-state index in [9.17, 15) is 18.8 Å². The van der Waals surface area contributed by atoms with E-state index in [4.69, 9.17) is 9.84 Å². The summed E-state index contributed by atoms with van der Waals surface area (Å²) < 4.78 is 19.4. The molecule has 8 heteroatoms. The number of carbonyl (C=O) groups excluding carboxylic acids is 1. The summed E-state index contributed by atoms with van der Waals surface area (Å²) in [7, 11) is 0. The Hall–Kier alpha value is -1.80. The van der Waals surface area contributed by atoms with Gasteiger partial charge in [0.1, 0.15) is 18.5 Å². The molecular formula is C10H11FN2O5. The maximum Gasteiger partial charge on any atom is 0.330 e. The lowest BCUT2D eigenvalue weighted by atomic mass is 10.2. The average Bonchev–Trinajstić information content (AvgIpc) is 2.70. The molecule has 3 atom stereocenters. The summed E-state index contributed by atoms with van der Waals surface area (Å²) in [5.41, 5.74) is -1.85. The highest BCUT2D eigenvalue weighted by Gasteiger charge is 2.36. The average molecular weight is 258 g/mol. The minimum Gasteiger partial charge on any atom is -0.394 e. The van der Waals surface area contributed by atoms with Crippen molar-refractivity contribution in [2.75, 3.05) is 6.61 Å². The van der Waals surface area contributed by atoms with Crippen LogP contribution in [-0.4, -0.2) is 39.8 Å². The summed E-state index contributed by atoms with van der Waals surface area (Å²) in [6.07, 6.45) is -2.17. The van der Waals surface area contributed by atoms with Crippen molar-refractivity contribution < 1.29 is 19.0 Å². The first-order valence-corrected chi connectivity index (χ1v) is 5.28. The first-order valence-electron chi connectivity index (χ1n) is 5.28. The first-order chi connectivity index (χ1) is 8.56. The monoisotopic (exact) mass is 258 g/mol. The predicted octanol–water partition coefficient (Wildman–Crippen LogP) is -1.03. The fourth-order valence-corrected chi connectivity index (χ4v) is 1.82. The Balaban J connectivity index is 2.38. The molecule has 7 nitrogen and oxygen atoms in total. The molecule has 1 aromatic rings. The van der Waals surface area contributed by atoms with Crippen molar-refractivity contribution in [1.82, 2.24) is 9.55 Å². The molecule has 0 aliphatic carbocycles. The molecule has 98 valence electrons. The lowest BCUT2D eigenvalue weighted by Gasteiger charge is -2.14. The molecule has 0 radical (unpaired) electrons. The Bertz CT molecular complexity index is 566. The topological polar surface area (TPSA) is 101 Å². The van der Waals surface area contributed by atoms with E-state index in [2.05, 4.69) is 0 Å². The van der Waals surface area contributed by atoms with E-state index in [1.807, 2.05) is 4.98 Å². The minimum absolute atomic E-state index is 0.129. The molecule has 0 unspecified atom stereocenters. The number of aliphatic hydroxyl groups excluding tert-OH is 1. The van der Waals surface area contributed by atoms with Gasteiger partial charge in [-0.15, -0.1) is 0 Å². The van der Waals surface area contributed by atoms with Crippen LogP contribution < -0.4 is 11.2 Å². The van der Waals surface area contributed by atoms with Crippen LogP contribution in [0.15, 0.2) is 15.8 Å². The third kappa shape index (κ3) is 2.12. The van der Waals surface area contributed by atoms with E-state index < -0.39 is 36.4 Å². The van der Waals surface area contributed by atoms with Crippen LogP contribution in [0.5, 0.6) is 0 Å². The molecule has 1 aliphatic heterocycles. The van der Waals surface area contributed by atoms with Crippen LogP contribution in [-0.2, 0) is 4.74 Å². The fourth-order valence-electron chi connectivity index (χ4n) is 1.82. The number of hydrogen-bond donors (Lipinski definition) is 2. The maximum absolute atomic E-state index is 13.4. The molecule has 1 aliphatic rings. The third-order valence-corrected chi connectivity index (χ3v) is 2.77. The van der Waals surface area contributed by atoms with Gasteiger partial charge in [-0.3, -0.25) is 19.1 Å². The maximum atomic E-state index is 13.4. The number of hydrogen-bond acceptors (Lipinski definition) is 5. The summed E-state index contributed by atoms with van der Waals surface area (Å²) in [6, 6.07) is 0. The molecule has 2 rings (SSSR count). The zero-order chi connectivity index (χ0) is 13.3. The number of aliphatic hydroxyl groups is 1. The van der Waals surface area contributed by atoms with E-state index >= 15 is 0 Å². The highest BCUT2D eigenvalue weighted by molar-refractivity contribution is 5.73. The summed E-state index contributed by atoms with van der Waals surface area (Å²) in [5.74, 6) is 0. The first kappa shape index (κ1) is 12.7. The van der Waals surface area contributed by atoms with Crippen LogP contribution in [0, 0.1) is 0 Å². The molecule has 1 fully saturated rings. The molecule has 0 spiro atoms. The highest BCUT2D eigenvalue weighted by atomic mass is 19.1. The molecule has 0 saturated carbocycles. The van der Waals surface area contributed by atoms with Gasteiger partial charge in [-0.2, -0.15) is 0 Å². The number of H-pyrrole nitrogens is 1. The van der Waals surface area contributed by atoms with Crippen molar-refractivity contribution in [3.05, 3.63) is 32.6 Å². The van der Waals surface area contributed by atoms with Gasteiger partial charge >= 0.3 is 5.69 Å². The van der Waals surface area contributed by atoms with Crippen molar-refractivity contribution in [3.63, 3.8) is 0 Å². The summed E-state index contributed by atoms with van der Waals surface area (Å²) in [4.78, 5) is 35.2. The van der Waals surface area contributed by atoms with Crippen LogP contribution in [0.25, 0.3) is 0 Å². The van der Waals surface area contributed by atoms with Gasteiger partial charge in [0, 0.05) is 12.6 Å². The van der Waals surface area contributed by atoms with E-state index in [1.54, 1.807) is 0 Å². The van der Waals surface area contributed by atoms with Gasteiger partial charge in [-0.25, -0.2) is 9.18 Å². The molecule has 1 saturated heterocycles. The number of aldehydes is 1. The van der Waals surface area contributed by atoms with Gasteiger partial charge in [0.15, 0.2) is 6.29 Å². The second kappa shape index (κ2) is 4.83. The molecule has 1 aromatic heterocycles. The lowest BCUT2D eigenvalue weighted by molar-refractivity contribution is -0.0356. The molecule has 0 bridgehead atoms. The van der Waals surface area contributed by atoms with Crippen LogP contribution in [0.3, 0.4) is 0 Å². The van der Waals surface area contributed by atoms with Crippen molar-refractivity contribution in [2.45, 2.75) is 24.9 Å². The number of nitrogens with one attached hydrogen (secondary N) is 1. The molecule has 18 heavy (non-hydrogen) atoms. The van der Waals surface area contributed by atoms with Crippen LogP contribution >= 0.6 is 0 Å². The van der Waals surface area contributed by atoms with Crippen molar-refractivity contribution >= 4 is 6.29 Å². The summed E-state index contributed by atoms with van der Waals surface area (Å²) in [6.45, 7) is -0.504. The number of carbonyl (C=O) groups is 1. The van der Waals surface area contributed by atoms with Gasteiger partial charge in [0.2, 0.25) is 0 Å². The zero-order valence-electron chi connectivity index (χ0n) is 9.21. The SMILES string of the molecule is O=Cc1cn([C@H]2C[C@H](F)[C@@H](CO)O2)c(=O)[nH]c1=O.